The summed E-state index contributed by atoms with van der Waals surface area (Å²) < 4.78 is 4.08. The lowest BCUT2D eigenvalue weighted by Gasteiger charge is -1.67. The van der Waals surface area contributed by atoms with Crippen LogP contribution in [0.3, 0.4) is 0 Å². The van der Waals surface area contributed by atoms with Crippen LogP contribution in [0.25, 0.3) is 0 Å². The van der Waals surface area contributed by atoms with E-state index in [9.17, 15) is 0 Å². The van der Waals surface area contributed by atoms with Gasteiger partial charge in [0.05, 0.1) is 6.29 Å². The van der Waals surface area contributed by atoms with E-state index in [1.165, 1.54) is 8.06 Å². The van der Waals surface area contributed by atoms with Gasteiger partial charge in [-0.25, -0.2) is 0 Å². The third-order valence-electron chi connectivity index (χ3n) is 0.350. The van der Waals surface area contributed by atoms with E-state index in [1.54, 1.807) is 0 Å². The molecule has 2 atom stereocenters. The van der Waals surface area contributed by atoms with E-state index in [0.717, 1.165) is 22.5 Å². The maximum atomic E-state index is 4.08. The minimum Gasteiger partial charge on any atom is -0.259 e. The fraction of sp³-hybridized carbons (Fsp3) is 1.00. The van der Waals surface area contributed by atoms with Crippen LogP contribution in [-0.4, -0.2) is 6.29 Å². The summed E-state index contributed by atoms with van der Waals surface area (Å²) in [6.07, 6.45) is 1.15. The molecule has 0 aromatic heterocycles. The number of nitrogens with zero attached hydrogens (tertiary/aromatic N) is 1. The molecule has 1 rings (SSSR count). The molecule has 0 bridgehead atoms. The first-order valence-electron chi connectivity index (χ1n) is 1.34. The largest absolute Gasteiger partial charge is 0.259 e. The van der Waals surface area contributed by atoms with E-state index in [2.05, 4.69) is 4.74 Å². The van der Waals surface area contributed by atoms with Crippen molar-refractivity contribution in [2.45, 2.75) is 0 Å². The van der Waals surface area contributed by atoms with Gasteiger partial charge in [0.15, 0.2) is 0 Å². The summed E-state index contributed by atoms with van der Waals surface area (Å²) in [4.78, 5) is 0. The van der Waals surface area contributed by atoms with Gasteiger partial charge in [0.1, 0.15) is 0 Å². The zero-order valence-electron chi connectivity index (χ0n) is 2.60. The normalized spacial score (nSPS) is 33.6. The molecule has 1 aliphatic rings. The molecule has 0 amide bonds. The Labute approximate surface area is 36.2 Å². The molecule has 0 aliphatic carbocycles. The van der Waals surface area contributed by atoms with Crippen molar-refractivity contribution in [3.63, 3.8) is 0 Å². The second kappa shape index (κ2) is 2.19. The molecule has 0 saturated carbocycles. The van der Waals surface area contributed by atoms with Crippen molar-refractivity contribution in [2.75, 3.05) is 6.29 Å². The van der Waals surface area contributed by atoms with Crippen LogP contribution < -0.4 is 0 Å². The van der Waals surface area contributed by atoms with Crippen molar-refractivity contribution in [1.29, 1.82) is 0 Å². The van der Waals surface area contributed by atoms with Gasteiger partial charge in [-0.2, -0.15) is 0 Å². The monoisotopic (exact) mass is 123 g/mol. The van der Waals surface area contributed by atoms with Crippen LogP contribution in [0, 0.1) is 0 Å². The van der Waals surface area contributed by atoms with Crippen molar-refractivity contribution < 1.29 is 0 Å². The molecule has 0 fully saturated rings. The van der Waals surface area contributed by atoms with Gasteiger partial charge in [-0.3, -0.25) is 4.74 Å². The second-order valence-electron chi connectivity index (χ2n) is 0.688. The Kier molecular flexibility index (Phi) is 1.81. The van der Waals surface area contributed by atoms with E-state index < -0.39 is 0 Å². The second-order valence-corrected chi connectivity index (χ2v) is 6.41. The third kappa shape index (κ3) is 1.22. The number of rotatable bonds is 0. The van der Waals surface area contributed by atoms with Crippen LogP contribution >= 0.6 is 24.3 Å². The van der Waals surface area contributed by atoms with Crippen molar-refractivity contribution in [1.82, 2.24) is 0 Å². The number of hydrogen-bond acceptors (Lipinski definition) is 1. The van der Waals surface area contributed by atoms with Crippen LogP contribution in [0.2, 0.25) is 0 Å². The smallest absolute Gasteiger partial charge is 0.0648 e. The highest BCUT2D eigenvalue weighted by Gasteiger charge is 1.86. The summed E-state index contributed by atoms with van der Waals surface area (Å²) in [5, 5.41) is 0. The Morgan fingerprint density at radius 1 is 1.80 bits per heavy atom. The van der Waals surface area contributed by atoms with Crippen molar-refractivity contribution in [2.24, 2.45) is 4.74 Å². The molecule has 1 nitrogen and oxygen atoms in total. The first kappa shape index (κ1) is 4.13. The summed E-state index contributed by atoms with van der Waals surface area (Å²) in [5.41, 5.74) is 0. The van der Waals surface area contributed by atoms with Crippen LogP contribution in [0.4, 0.5) is 0 Å². The van der Waals surface area contributed by atoms with Gasteiger partial charge < -0.3 is 0 Å². The van der Waals surface area contributed by atoms with Crippen LogP contribution in [0.5, 0.6) is 0 Å². The predicted octanol–water partition coefficient (Wildman–Crippen LogP) is 2.27. The van der Waals surface area contributed by atoms with E-state index in [-0.39, 0.29) is 0 Å². The van der Waals surface area contributed by atoms with E-state index in [0.29, 0.717) is 0 Å². The molecule has 28 valence electrons. The van der Waals surface area contributed by atoms with Gasteiger partial charge in [-0.05, 0) is 7.96 Å². The average molecular weight is 123 g/mol. The maximum absolute atomic E-state index is 4.08. The summed E-state index contributed by atoms with van der Waals surface area (Å²) in [7, 11) is 3.66. The average Bonchev–Trinajstić information content (AvgIpc) is 1.76. The maximum Gasteiger partial charge on any atom is 0.0648 e. The highest BCUT2D eigenvalue weighted by atomic mass is 32.4. The predicted molar refractivity (Wildman–Crippen MR) is 30.8 cm³/mol. The molecule has 1 aliphatic heterocycles. The summed E-state index contributed by atoms with van der Waals surface area (Å²) >= 11 is 0. The Balaban J connectivity index is 2.32. The van der Waals surface area contributed by atoms with Gasteiger partial charge in [-0.15, -0.1) is 0 Å². The molecule has 1 heterocycles. The van der Waals surface area contributed by atoms with Crippen molar-refractivity contribution in [3.05, 3.63) is 0 Å². The first-order valence-corrected chi connectivity index (χ1v) is 6.24. The molecule has 5 heavy (non-hydrogen) atoms. The lowest BCUT2D eigenvalue weighted by molar-refractivity contribution is 1.45. The minimum absolute atomic E-state index is 1.14. The molecule has 0 spiro atoms. The third-order valence-corrected chi connectivity index (χ3v) is 5.47. The Hall–Kier alpha value is 0.960. The molecular weight excluding hydrogens is 119 g/mol. The molecule has 0 radical (unpaired) electrons. The molecule has 4 heteroatoms. The highest BCUT2D eigenvalue weighted by Crippen LogP contribution is 2.54. The summed E-state index contributed by atoms with van der Waals surface area (Å²) in [6.45, 7) is 0. The van der Waals surface area contributed by atoms with Crippen LogP contribution in [0.1, 0.15) is 0 Å². The number of hydrogen-bond donors (Lipinski definition) is 0. The summed E-state index contributed by atoms with van der Waals surface area (Å²) in [5.74, 6) is 0. The fourth-order valence-corrected chi connectivity index (χ4v) is 4.77. The lowest BCUT2D eigenvalue weighted by Crippen LogP contribution is -1.41. The van der Waals surface area contributed by atoms with Gasteiger partial charge in [0, 0.05) is 8.06 Å². The van der Waals surface area contributed by atoms with Crippen LogP contribution in [-0.2, 0) is 0 Å². The lowest BCUT2D eigenvalue weighted by atomic mass is 11.5. The standard InChI is InChI=1S/CH4NP3/c1-2-4-5-3-1/h3,5H,1H2. The zero-order valence-corrected chi connectivity index (χ0v) is 5.50. The molecule has 0 N–H and O–H groups in total. The molecule has 2 unspecified atom stereocenters. The SMILES string of the molecule is C1N=PPP1. The van der Waals surface area contributed by atoms with Gasteiger partial charge in [-0.1, -0.05) is 8.27 Å². The highest BCUT2D eigenvalue weighted by molar-refractivity contribution is 8.42. The Bertz CT molecular complexity index is 44.9. The molecular formula is CH4NP3. The molecule has 0 saturated heterocycles. The molecule has 0 aromatic carbocycles. The molecule has 0 aromatic rings. The van der Waals surface area contributed by atoms with E-state index in [4.69, 9.17) is 0 Å². The van der Waals surface area contributed by atoms with E-state index >= 15 is 0 Å². The quantitative estimate of drug-likeness (QED) is 0.438. The summed E-state index contributed by atoms with van der Waals surface area (Å²) in [6, 6.07) is 0. The van der Waals surface area contributed by atoms with Crippen molar-refractivity contribution in [3.8, 4) is 0 Å². The topological polar surface area (TPSA) is 12.4 Å². The Morgan fingerprint density at radius 2 is 2.80 bits per heavy atom. The van der Waals surface area contributed by atoms with Gasteiger partial charge in [0.25, 0.3) is 0 Å². The van der Waals surface area contributed by atoms with Gasteiger partial charge in [0.2, 0.25) is 0 Å². The minimum atomic E-state index is 1.14. The van der Waals surface area contributed by atoms with Crippen molar-refractivity contribution >= 4 is 24.3 Å². The first-order chi connectivity index (χ1) is 2.50. The zero-order chi connectivity index (χ0) is 3.54. The van der Waals surface area contributed by atoms with Gasteiger partial charge >= 0.3 is 0 Å². The van der Waals surface area contributed by atoms with E-state index in [1.807, 2.05) is 0 Å². The Morgan fingerprint density at radius 3 is 3.00 bits per heavy atom. The van der Waals surface area contributed by atoms with Crippen LogP contribution in [0.15, 0.2) is 4.74 Å². The fourth-order valence-electron chi connectivity index (χ4n) is 0.177.